The van der Waals surface area contributed by atoms with Crippen LogP contribution in [0.15, 0.2) is 84.9 Å². The van der Waals surface area contributed by atoms with E-state index in [4.69, 9.17) is 14.2 Å². The van der Waals surface area contributed by atoms with Gasteiger partial charge in [-0.15, -0.1) is 0 Å². The number of methoxy groups -OCH3 is 2. The van der Waals surface area contributed by atoms with Crippen molar-refractivity contribution >= 4 is 11.9 Å². The normalized spacial score (nSPS) is 21.5. The quantitative estimate of drug-likeness (QED) is 0.204. The van der Waals surface area contributed by atoms with Crippen molar-refractivity contribution in [3.63, 3.8) is 0 Å². The molecule has 1 amide bonds. The number of likely N-dealkylation sites (tertiary alicyclic amines) is 1. The van der Waals surface area contributed by atoms with Crippen LogP contribution in [0.4, 0.5) is 13.2 Å². The molecule has 246 valence electrons. The Morgan fingerprint density at radius 2 is 1.50 bits per heavy atom. The van der Waals surface area contributed by atoms with E-state index in [9.17, 15) is 22.8 Å². The van der Waals surface area contributed by atoms with Gasteiger partial charge in [0.05, 0.1) is 19.1 Å². The summed E-state index contributed by atoms with van der Waals surface area (Å²) >= 11 is 0. The van der Waals surface area contributed by atoms with Gasteiger partial charge in [0.1, 0.15) is 5.75 Å². The molecule has 9 heteroatoms. The molecule has 0 aromatic heterocycles. The maximum absolute atomic E-state index is 14.6. The van der Waals surface area contributed by atoms with Crippen LogP contribution in [-0.2, 0) is 37.6 Å². The van der Waals surface area contributed by atoms with Crippen molar-refractivity contribution in [1.29, 1.82) is 0 Å². The minimum atomic E-state index is -5.07. The summed E-state index contributed by atoms with van der Waals surface area (Å²) in [6, 6.07) is 24.1. The molecule has 1 saturated heterocycles. The van der Waals surface area contributed by atoms with E-state index in [2.05, 4.69) is 0 Å². The first-order valence-electron chi connectivity index (χ1n) is 15.9. The Hall–Kier alpha value is -3.85. The second-order valence-corrected chi connectivity index (χ2v) is 12.6. The van der Waals surface area contributed by atoms with Crippen LogP contribution in [0.5, 0.6) is 5.75 Å². The van der Waals surface area contributed by atoms with Crippen molar-refractivity contribution in [1.82, 2.24) is 4.90 Å². The Morgan fingerprint density at radius 1 is 0.891 bits per heavy atom. The maximum Gasteiger partial charge on any atom is 0.432 e. The van der Waals surface area contributed by atoms with Gasteiger partial charge in [-0.25, -0.2) is 4.79 Å². The second kappa shape index (κ2) is 13.9. The lowest BCUT2D eigenvalue weighted by molar-refractivity contribution is -0.277. The summed E-state index contributed by atoms with van der Waals surface area (Å²) in [5.74, 6) is -1.41. The van der Waals surface area contributed by atoms with Gasteiger partial charge >= 0.3 is 12.1 Å². The van der Waals surface area contributed by atoms with Crippen LogP contribution in [0, 0.1) is 17.3 Å². The Balaban J connectivity index is 1.49. The molecule has 3 aromatic rings. The first kappa shape index (κ1) is 33.5. The predicted molar refractivity (Wildman–Crippen MR) is 168 cm³/mol. The summed E-state index contributed by atoms with van der Waals surface area (Å²) < 4.78 is 59.7. The molecule has 1 saturated carbocycles. The summed E-state index contributed by atoms with van der Waals surface area (Å²) in [7, 11) is 2.47. The van der Waals surface area contributed by atoms with Crippen molar-refractivity contribution in [3.05, 3.63) is 102 Å². The minimum absolute atomic E-state index is 0.0675. The summed E-state index contributed by atoms with van der Waals surface area (Å²) in [6.45, 7) is 2.00. The monoisotopic (exact) mass is 637 g/mol. The third-order valence-corrected chi connectivity index (χ3v) is 9.95. The number of alkyl halides is 3. The lowest BCUT2D eigenvalue weighted by atomic mass is 9.61. The zero-order chi connectivity index (χ0) is 33.0. The van der Waals surface area contributed by atoms with Gasteiger partial charge in [0.25, 0.3) is 5.60 Å². The van der Waals surface area contributed by atoms with Gasteiger partial charge in [-0.1, -0.05) is 99.0 Å². The fourth-order valence-corrected chi connectivity index (χ4v) is 7.80. The number of nitrogens with zero attached hydrogens (tertiary/aromatic N) is 1. The van der Waals surface area contributed by atoms with Gasteiger partial charge < -0.3 is 19.1 Å². The average molecular weight is 638 g/mol. The molecule has 1 aliphatic carbocycles. The topological polar surface area (TPSA) is 65.1 Å². The van der Waals surface area contributed by atoms with Gasteiger partial charge in [0, 0.05) is 25.3 Å². The zero-order valence-corrected chi connectivity index (χ0v) is 26.6. The first-order chi connectivity index (χ1) is 22.1. The highest BCUT2D eigenvalue weighted by Gasteiger charge is 2.65. The first-order valence-corrected chi connectivity index (χ1v) is 15.9. The molecular formula is C37H42F3NO5. The molecular weight excluding hydrogens is 595 g/mol. The number of hydrogen-bond donors (Lipinski definition) is 0. The summed E-state index contributed by atoms with van der Waals surface area (Å²) in [5.41, 5.74) is -2.31. The number of hydrogen-bond acceptors (Lipinski definition) is 5. The number of halogens is 3. The highest BCUT2D eigenvalue weighted by Crippen LogP contribution is 2.55. The van der Waals surface area contributed by atoms with E-state index in [0.29, 0.717) is 25.8 Å². The average Bonchev–Trinajstić information content (AvgIpc) is 3.27. The fourth-order valence-electron chi connectivity index (χ4n) is 7.80. The van der Waals surface area contributed by atoms with Gasteiger partial charge in [-0.2, -0.15) is 13.2 Å². The molecule has 0 bridgehead atoms. The molecule has 2 fully saturated rings. The van der Waals surface area contributed by atoms with Crippen molar-refractivity contribution in [2.24, 2.45) is 17.3 Å². The molecule has 6 nitrogen and oxygen atoms in total. The molecule has 4 atom stereocenters. The molecule has 1 spiro atoms. The third kappa shape index (κ3) is 6.26. The van der Waals surface area contributed by atoms with E-state index in [-0.39, 0.29) is 30.0 Å². The van der Waals surface area contributed by atoms with E-state index in [1.54, 1.807) is 13.2 Å². The number of amides is 1. The van der Waals surface area contributed by atoms with E-state index in [1.165, 1.54) is 24.3 Å². The van der Waals surface area contributed by atoms with Gasteiger partial charge in [-0.3, -0.25) is 4.79 Å². The number of carbonyl (C=O) groups excluding carboxylic acids is 2. The SMILES string of the molecule is COc1ccc(CN2C(=O)C3(CCCCC3)[C@@H]([C@H](C)COC(=O)[C@@](OC)(c3ccccc3)C(F)(F)F)[C@@H]2Cc2ccccc2)cc1. The van der Waals surface area contributed by atoms with Gasteiger partial charge in [0.15, 0.2) is 0 Å². The number of rotatable bonds is 11. The third-order valence-electron chi connectivity index (χ3n) is 9.95. The lowest BCUT2D eigenvalue weighted by Crippen LogP contribution is -2.52. The van der Waals surface area contributed by atoms with Crippen molar-refractivity contribution in [2.45, 2.75) is 69.8 Å². The molecule has 3 aromatic carbocycles. The Morgan fingerprint density at radius 3 is 2.07 bits per heavy atom. The van der Waals surface area contributed by atoms with E-state index < -0.39 is 29.1 Å². The fraction of sp³-hybridized carbons (Fsp3) is 0.459. The largest absolute Gasteiger partial charge is 0.497 e. The molecule has 0 unspecified atom stereocenters. The van der Waals surface area contributed by atoms with Crippen LogP contribution in [0.2, 0.25) is 0 Å². The number of benzene rings is 3. The van der Waals surface area contributed by atoms with Crippen LogP contribution in [0.1, 0.15) is 55.7 Å². The number of esters is 1. The van der Waals surface area contributed by atoms with Gasteiger partial charge in [-0.05, 0) is 54.4 Å². The zero-order valence-electron chi connectivity index (χ0n) is 26.6. The highest BCUT2D eigenvalue weighted by atomic mass is 19.4. The predicted octanol–water partition coefficient (Wildman–Crippen LogP) is 7.50. The number of carbonyl (C=O) groups is 2. The summed E-state index contributed by atoms with van der Waals surface area (Å²) in [5, 5.41) is 0. The molecule has 5 rings (SSSR count). The summed E-state index contributed by atoms with van der Waals surface area (Å²) in [6.07, 6.45) is -0.325. The Labute approximate surface area is 268 Å². The molecule has 1 heterocycles. The smallest absolute Gasteiger partial charge is 0.432 e. The molecule has 2 aliphatic rings. The van der Waals surface area contributed by atoms with Crippen LogP contribution in [0.3, 0.4) is 0 Å². The van der Waals surface area contributed by atoms with Crippen LogP contribution in [0.25, 0.3) is 0 Å². The Kier molecular flexibility index (Phi) is 10.1. The standard InChI is InChI=1S/C37H42F3NO5/c1-26(25-46-34(43)36(45-3,37(38,39)40)29-15-9-5-10-16-29)32-31(23-27-13-7-4-8-14-27)41(24-28-17-19-30(44-2)20-18-28)33(42)35(32)21-11-6-12-22-35/h4-5,7-10,13-20,26,31-32H,6,11-12,21-25H2,1-3H3/t26-,31+,32+,36+/m1/s1. The minimum Gasteiger partial charge on any atom is -0.497 e. The van der Waals surface area contributed by atoms with E-state index >= 15 is 0 Å². The summed E-state index contributed by atoms with van der Waals surface area (Å²) in [4.78, 5) is 30.0. The van der Waals surface area contributed by atoms with Crippen molar-refractivity contribution < 1.29 is 37.0 Å². The van der Waals surface area contributed by atoms with Crippen molar-refractivity contribution in [3.8, 4) is 5.75 Å². The Bertz CT molecular complexity index is 1460. The van der Waals surface area contributed by atoms with E-state index in [1.807, 2.05) is 66.4 Å². The highest BCUT2D eigenvalue weighted by molar-refractivity contribution is 5.86. The van der Waals surface area contributed by atoms with Crippen LogP contribution >= 0.6 is 0 Å². The van der Waals surface area contributed by atoms with E-state index in [0.717, 1.165) is 43.2 Å². The van der Waals surface area contributed by atoms with Crippen LogP contribution < -0.4 is 4.74 Å². The molecule has 0 radical (unpaired) electrons. The van der Waals surface area contributed by atoms with Gasteiger partial charge in [0.2, 0.25) is 5.91 Å². The number of ether oxygens (including phenoxy) is 3. The maximum atomic E-state index is 14.6. The van der Waals surface area contributed by atoms with Crippen molar-refractivity contribution in [2.75, 3.05) is 20.8 Å². The molecule has 0 N–H and O–H groups in total. The van der Waals surface area contributed by atoms with Crippen LogP contribution in [-0.4, -0.2) is 49.8 Å². The molecule has 46 heavy (non-hydrogen) atoms. The molecule has 1 aliphatic heterocycles. The second-order valence-electron chi connectivity index (χ2n) is 12.6. The lowest BCUT2D eigenvalue weighted by Gasteiger charge is -2.41.